The van der Waals surface area contributed by atoms with E-state index in [-0.39, 0.29) is 11.0 Å². The van der Waals surface area contributed by atoms with Gasteiger partial charge in [0.15, 0.2) is 9.84 Å². The van der Waals surface area contributed by atoms with Crippen molar-refractivity contribution in [2.75, 3.05) is 12.3 Å². The molecule has 0 saturated heterocycles. The molecular weight excluding hydrogens is 226 g/mol. The van der Waals surface area contributed by atoms with Gasteiger partial charge in [-0.1, -0.05) is 0 Å². The van der Waals surface area contributed by atoms with Crippen LogP contribution in [0.15, 0.2) is 12.4 Å². The van der Waals surface area contributed by atoms with Gasteiger partial charge in [0.05, 0.1) is 11.0 Å². The first-order valence-electron chi connectivity index (χ1n) is 5.35. The van der Waals surface area contributed by atoms with Crippen LogP contribution >= 0.6 is 0 Å². The summed E-state index contributed by atoms with van der Waals surface area (Å²) in [6.45, 7) is 2.11. The van der Waals surface area contributed by atoms with E-state index in [4.69, 9.17) is 5.73 Å². The molecule has 0 bridgehead atoms. The number of sulfone groups is 1. The van der Waals surface area contributed by atoms with Crippen LogP contribution in [0.1, 0.15) is 19.2 Å². The van der Waals surface area contributed by atoms with E-state index in [1.165, 1.54) is 0 Å². The lowest BCUT2D eigenvalue weighted by Gasteiger charge is -2.11. The summed E-state index contributed by atoms with van der Waals surface area (Å²) in [5, 5.41) is -0.363. The molecule has 1 unspecified atom stereocenters. The SMILES string of the molecule is CC(CCN)S(=O)(=O)CCc1nccn1C. The Labute approximate surface area is 96.6 Å². The number of aryl methyl sites for hydroxylation is 2. The Balaban J connectivity index is 2.58. The van der Waals surface area contributed by atoms with Crippen LogP contribution in [0.4, 0.5) is 0 Å². The molecule has 0 saturated carbocycles. The normalized spacial score (nSPS) is 13.9. The smallest absolute Gasteiger partial charge is 0.153 e. The maximum absolute atomic E-state index is 11.8. The van der Waals surface area contributed by atoms with Crippen molar-refractivity contribution in [1.82, 2.24) is 9.55 Å². The highest BCUT2D eigenvalue weighted by molar-refractivity contribution is 7.92. The van der Waals surface area contributed by atoms with Crippen molar-refractivity contribution in [2.24, 2.45) is 12.8 Å². The highest BCUT2D eigenvalue weighted by Crippen LogP contribution is 2.08. The van der Waals surface area contributed by atoms with Crippen LogP contribution in [-0.4, -0.2) is 35.5 Å². The monoisotopic (exact) mass is 245 g/mol. The fourth-order valence-corrected chi connectivity index (χ4v) is 2.85. The van der Waals surface area contributed by atoms with Crippen molar-refractivity contribution < 1.29 is 8.42 Å². The predicted molar refractivity (Wildman–Crippen MR) is 63.8 cm³/mol. The van der Waals surface area contributed by atoms with Gasteiger partial charge in [0.25, 0.3) is 0 Å². The second kappa shape index (κ2) is 5.45. The van der Waals surface area contributed by atoms with Gasteiger partial charge in [-0.15, -0.1) is 0 Å². The van der Waals surface area contributed by atoms with Crippen LogP contribution in [0.25, 0.3) is 0 Å². The summed E-state index contributed by atoms with van der Waals surface area (Å²) in [7, 11) is -1.19. The zero-order valence-corrected chi connectivity index (χ0v) is 10.6. The molecule has 0 spiro atoms. The molecule has 0 aliphatic heterocycles. The number of hydrogen-bond donors (Lipinski definition) is 1. The molecule has 0 aliphatic rings. The first kappa shape index (κ1) is 13.2. The number of rotatable bonds is 6. The Morgan fingerprint density at radius 2 is 2.25 bits per heavy atom. The number of nitrogens with two attached hydrogens (primary N) is 1. The molecule has 1 rings (SSSR count). The Hall–Kier alpha value is -0.880. The minimum Gasteiger partial charge on any atom is -0.338 e. The Kier molecular flexibility index (Phi) is 4.49. The summed E-state index contributed by atoms with van der Waals surface area (Å²) in [6, 6.07) is 0. The maximum Gasteiger partial charge on any atom is 0.153 e. The first-order chi connectivity index (χ1) is 7.47. The van der Waals surface area contributed by atoms with Gasteiger partial charge in [0.2, 0.25) is 0 Å². The standard InChI is InChI=1S/C10H19N3O2S/c1-9(3-5-11)16(14,15)8-4-10-12-6-7-13(10)2/h6-7,9H,3-5,8,11H2,1-2H3. The van der Waals surface area contributed by atoms with Crippen molar-refractivity contribution in [1.29, 1.82) is 0 Å². The van der Waals surface area contributed by atoms with Gasteiger partial charge >= 0.3 is 0 Å². The van der Waals surface area contributed by atoms with Crippen LogP contribution in [0.3, 0.4) is 0 Å². The number of aromatic nitrogens is 2. The Morgan fingerprint density at radius 3 is 2.75 bits per heavy atom. The molecule has 0 fully saturated rings. The Bertz CT molecular complexity index is 425. The molecule has 5 nitrogen and oxygen atoms in total. The van der Waals surface area contributed by atoms with Gasteiger partial charge < -0.3 is 10.3 Å². The van der Waals surface area contributed by atoms with Crippen molar-refractivity contribution in [3.8, 4) is 0 Å². The summed E-state index contributed by atoms with van der Waals surface area (Å²) in [4.78, 5) is 4.10. The van der Waals surface area contributed by atoms with Crippen LogP contribution in [-0.2, 0) is 23.3 Å². The van der Waals surface area contributed by atoms with E-state index in [2.05, 4.69) is 4.98 Å². The summed E-state index contributed by atoms with van der Waals surface area (Å²) >= 11 is 0. The fourth-order valence-electron chi connectivity index (χ4n) is 1.49. The third-order valence-electron chi connectivity index (χ3n) is 2.72. The quantitative estimate of drug-likeness (QED) is 0.772. The molecular formula is C10H19N3O2S. The summed E-state index contributed by atoms with van der Waals surface area (Å²) in [5.74, 6) is 0.933. The van der Waals surface area contributed by atoms with Crippen molar-refractivity contribution in [2.45, 2.75) is 25.0 Å². The second-order valence-corrected chi connectivity index (χ2v) is 6.50. The molecule has 0 radical (unpaired) electrons. The van der Waals surface area contributed by atoms with Crippen molar-refractivity contribution >= 4 is 9.84 Å². The van der Waals surface area contributed by atoms with Crippen molar-refractivity contribution in [3.63, 3.8) is 0 Å². The van der Waals surface area contributed by atoms with E-state index in [1.807, 2.05) is 17.8 Å². The summed E-state index contributed by atoms with van der Waals surface area (Å²) < 4.78 is 25.5. The number of hydrogen-bond acceptors (Lipinski definition) is 4. The molecule has 1 aromatic heterocycles. The molecule has 16 heavy (non-hydrogen) atoms. The van der Waals surface area contributed by atoms with Gasteiger partial charge in [-0.25, -0.2) is 13.4 Å². The predicted octanol–water partition coefficient (Wildman–Crippen LogP) is 0.115. The fraction of sp³-hybridized carbons (Fsp3) is 0.700. The molecule has 92 valence electrons. The lowest BCUT2D eigenvalue weighted by atomic mass is 10.3. The topological polar surface area (TPSA) is 78.0 Å². The maximum atomic E-state index is 11.8. The van der Waals surface area contributed by atoms with Gasteiger partial charge in [-0.05, 0) is 19.9 Å². The third-order valence-corrected chi connectivity index (χ3v) is 4.95. The van der Waals surface area contributed by atoms with Crippen LogP contribution in [0, 0.1) is 0 Å². The molecule has 1 aromatic rings. The lowest BCUT2D eigenvalue weighted by molar-refractivity contribution is 0.576. The highest BCUT2D eigenvalue weighted by atomic mass is 32.2. The van der Waals surface area contributed by atoms with Crippen LogP contribution in [0.5, 0.6) is 0 Å². The van der Waals surface area contributed by atoms with Gasteiger partial charge in [0.1, 0.15) is 5.82 Å². The van der Waals surface area contributed by atoms with E-state index < -0.39 is 9.84 Å². The van der Waals surface area contributed by atoms with Gasteiger partial charge in [-0.3, -0.25) is 0 Å². The molecule has 6 heteroatoms. The minimum absolute atomic E-state index is 0.138. The first-order valence-corrected chi connectivity index (χ1v) is 7.06. The molecule has 1 atom stereocenters. The summed E-state index contributed by atoms with van der Waals surface area (Å²) in [6.07, 6.45) is 4.46. The molecule has 0 aromatic carbocycles. The lowest BCUT2D eigenvalue weighted by Crippen LogP contribution is -2.25. The summed E-state index contributed by atoms with van der Waals surface area (Å²) in [5.41, 5.74) is 5.36. The zero-order valence-electron chi connectivity index (χ0n) is 9.76. The highest BCUT2D eigenvalue weighted by Gasteiger charge is 2.20. The zero-order chi connectivity index (χ0) is 12.2. The average Bonchev–Trinajstić information content (AvgIpc) is 2.61. The third kappa shape index (κ3) is 3.31. The largest absolute Gasteiger partial charge is 0.338 e. The van der Waals surface area contributed by atoms with Gasteiger partial charge in [0, 0.05) is 25.9 Å². The minimum atomic E-state index is -3.05. The molecule has 1 heterocycles. The average molecular weight is 245 g/mol. The van der Waals surface area contributed by atoms with E-state index in [0.29, 0.717) is 19.4 Å². The van der Waals surface area contributed by atoms with Gasteiger partial charge in [-0.2, -0.15) is 0 Å². The van der Waals surface area contributed by atoms with E-state index >= 15 is 0 Å². The number of nitrogens with zero attached hydrogens (tertiary/aromatic N) is 2. The van der Waals surface area contributed by atoms with E-state index in [0.717, 1.165) is 5.82 Å². The second-order valence-electron chi connectivity index (χ2n) is 3.96. The molecule has 0 aliphatic carbocycles. The van der Waals surface area contributed by atoms with E-state index in [1.54, 1.807) is 13.1 Å². The van der Waals surface area contributed by atoms with Crippen LogP contribution in [0.2, 0.25) is 0 Å². The molecule has 0 amide bonds. The van der Waals surface area contributed by atoms with Crippen molar-refractivity contribution in [3.05, 3.63) is 18.2 Å². The van der Waals surface area contributed by atoms with Crippen LogP contribution < -0.4 is 5.73 Å². The van der Waals surface area contributed by atoms with E-state index in [9.17, 15) is 8.42 Å². The Morgan fingerprint density at radius 1 is 1.56 bits per heavy atom. The number of imidazole rings is 1. The molecule has 2 N–H and O–H groups in total.